The number of hydrazine groups is 1. The van der Waals surface area contributed by atoms with Crippen molar-refractivity contribution in [3.8, 4) is 11.3 Å². The third-order valence-corrected chi connectivity index (χ3v) is 6.31. The Balaban J connectivity index is 1.51. The Bertz CT molecular complexity index is 1330. The Kier molecular flexibility index (Phi) is 6.37. The minimum absolute atomic E-state index is 0.181. The first-order valence-electron chi connectivity index (χ1n) is 9.51. The van der Waals surface area contributed by atoms with E-state index in [-0.39, 0.29) is 14.8 Å². The van der Waals surface area contributed by atoms with Crippen LogP contribution < -0.4 is 5.43 Å². The molecule has 2 heterocycles. The molecule has 7 nitrogen and oxygen atoms in total. The van der Waals surface area contributed by atoms with Gasteiger partial charge in [0.25, 0.3) is 11.8 Å². The number of halogens is 1. The molecule has 3 aromatic rings. The SMILES string of the molecule is Cc1cc(C(=O)O)ccc1-c1ccc(/C=C2\SC(=S)N(NC(=O)c3ccc(Cl)cc3)C2=O)o1. The van der Waals surface area contributed by atoms with Crippen molar-refractivity contribution < 1.29 is 23.9 Å². The average molecular weight is 499 g/mol. The van der Waals surface area contributed by atoms with E-state index in [1.165, 1.54) is 12.1 Å². The topological polar surface area (TPSA) is 99.9 Å². The van der Waals surface area contributed by atoms with Gasteiger partial charge in [-0.2, -0.15) is 5.01 Å². The van der Waals surface area contributed by atoms with Crippen molar-refractivity contribution in [2.75, 3.05) is 0 Å². The van der Waals surface area contributed by atoms with Gasteiger partial charge in [-0.1, -0.05) is 29.4 Å². The summed E-state index contributed by atoms with van der Waals surface area (Å²) in [6.45, 7) is 1.79. The number of hydrogen-bond acceptors (Lipinski definition) is 6. The van der Waals surface area contributed by atoms with E-state index in [9.17, 15) is 14.4 Å². The molecular weight excluding hydrogens is 484 g/mol. The molecule has 10 heteroatoms. The molecule has 2 amide bonds. The summed E-state index contributed by atoms with van der Waals surface area (Å²) in [6, 6.07) is 14.4. The van der Waals surface area contributed by atoms with Crippen LogP contribution in [0.1, 0.15) is 32.0 Å². The van der Waals surface area contributed by atoms with Crippen molar-refractivity contribution in [1.82, 2.24) is 10.4 Å². The van der Waals surface area contributed by atoms with Crippen molar-refractivity contribution in [2.24, 2.45) is 0 Å². The van der Waals surface area contributed by atoms with E-state index in [1.807, 2.05) is 0 Å². The summed E-state index contributed by atoms with van der Waals surface area (Å²) in [6.07, 6.45) is 1.54. The third-order valence-electron chi connectivity index (χ3n) is 4.75. The Morgan fingerprint density at radius 1 is 1.12 bits per heavy atom. The second-order valence-electron chi connectivity index (χ2n) is 7.00. The van der Waals surface area contributed by atoms with E-state index in [0.717, 1.165) is 27.9 Å². The molecule has 0 unspecified atom stereocenters. The Hall–Kier alpha value is -3.40. The van der Waals surface area contributed by atoms with Crippen molar-refractivity contribution in [3.63, 3.8) is 0 Å². The summed E-state index contributed by atoms with van der Waals surface area (Å²) in [7, 11) is 0. The van der Waals surface area contributed by atoms with Gasteiger partial charge in [0, 0.05) is 22.2 Å². The molecule has 0 aliphatic carbocycles. The molecule has 0 atom stereocenters. The highest BCUT2D eigenvalue weighted by Crippen LogP contribution is 2.33. The molecule has 1 saturated heterocycles. The number of hydrogen-bond donors (Lipinski definition) is 2. The molecule has 1 aliphatic heterocycles. The van der Waals surface area contributed by atoms with Crippen LogP contribution in [0.5, 0.6) is 0 Å². The molecule has 0 bridgehead atoms. The minimum atomic E-state index is -1.00. The van der Waals surface area contributed by atoms with Gasteiger partial charge in [0.05, 0.1) is 10.5 Å². The number of amides is 2. The summed E-state index contributed by atoms with van der Waals surface area (Å²) in [5, 5.41) is 10.6. The van der Waals surface area contributed by atoms with Crippen molar-refractivity contribution in [3.05, 3.63) is 87.0 Å². The molecule has 2 aromatic carbocycles. The number of thioether (sulfide) groups is 1. The van der Waals surface area contributed by atoms with Gasteiger partial charge in [0.1, 0.15) is 11.5 Å². The van der Waals surface area contributed by atoms with Crippen LogP contribution in [0.4, 0.5) is 0 Å². The number of carbonyl (C=O) groups is 3. The Morgan fingerprint density at radius 3 is 2.48 bits per heavy atom. The summed E-state index contributed by atoms with van der Waals surface area (Å²) in [5.74, 6) is -1.04. The number of furan rings is 1. The molecular formula is C23H15ClN2O5S2. The minimum Gasteiger partial charge on any atom is -0.478 e. The van der Waals surface area contributed by atoms with Crippen LogP contribution in [0.2, 0.25) is 5.02 Å². The Labute approximate surface area is 203 Å². The van der Waals surface area contributed by atoms with Crippen LogP contribution in [0.3, 0.4) is 0 Å². The highest BCUT2D eigenvalue weighted by atomic mass is 35.5. The van der Waals surface area contributed by atoms with Crippen molar-refractivity contribution in [1.29, 1.82) is 0 Å². The fourth-order valence-electron chi connectivity index (χ4n) is 3.11. The number of carboxylic acids is 1. The fraction of sp³-hybridized carbons (Fsp3) is 0.0435. The normalized spacial score (nSPS) is 14.7. The highest BCUT2D eigenvalue weighted by Gasteiger charge is 2.34. The van der Waals surface area contributed by atoms with Gasteiger partial charge in [-0.15, -0.1) is 0 Å². The van der Waals surface area contributed by atoms with Gasteiger partial charge >= 0.3 is 5.97 Å². The first-order valence-corrected chi connectivity index (χ1v) is 11.1. The van der Waals surface area contributed by atoms with Crippen LogP contribution in [0, 0.1) is 6.92 Å². The lowest BCUT2D eigenvalue weighted by Gasteiger charge is -2.15. The zero-order valence-corrected chi connectivity index (χ0v) is 19.4. The largest absolute Gasteiger partial charge is 0.478 e. The van der Waals surface area contributed by atoms with Gasteiger partial charge in [-0.3, -0.25) is 15.0 Å². The number of benzene rings is 2. The monoisotopic (exact) mass is 498 g/mol. The van der Waals surface area contributed by atoms with Crippen molar-refractivity contribution >= 4 is 63.8 Å². The lowest BCUT2D eigenvalue weighted by molar-refractivity contribution is -0.123. The third kappa shape index (κ3) is 4.85. The molecule has 1 fully saturated rings. The first kappa shape index (κ1) is 22.8. The highest BCUT2D eigenvalue weighted by molar-refractivity contribution is 8.26. The molecule has 0 spiro atoms. The maximum Gasteiger partial charge on any atom is 0.335 e. The number of rotatable bonds is 5. The lowest BCUT2D eigenvalue weighted by Crippen LogP contribution is -2.44. The smallest absolute Gasteiger partial charge is 0.335 e. The number of aromatic carboxylic acids is 1. The number of carbonyl (C=O) groups excluding carboxylic acids is 2. The van der Waals surface area contributed by atoms with Crippen LogP contribution in [0.15, 0.2) is 63.9 Å². The maximum atomic E-state index is 12.8. The molecule has 0 saturated carbocycles. The quantitative estimate of drug-likeness (QED) is 0.370. The molecule has 1 aromatic heterocycles. The molecule has 2 N–H and O–H groups in total. The first-order chi connectivity index (χ1) is 15.7. The van der Waals surface area contributed by atoms with E-state index in [1.54, 1.807) is 55.5 Å². The lowest BCUT2D eigenvalue weighted by atomic mass is 10.0. The number of carboxylic acid groups (broad SMARTS) is 1. The van der Waals surface area contributed by atoms with E-state index in [0.29, 0.717) is 22.1 Å². The number of nitrogens with one attached hydrogen (secondary N) is 1. The van der Waals surface area contributed by atoms with Crippen LogP contribution in [-0.4, -0.2) is 32.2 Å². The van der Waals surface area contributed by atoms with Gasteiger partial charge in [-0.25, -0.2) is 4.79 Å². The zero-order chi connectivity index (χ0) is 23.7. The van der Waals surface area contributed by atoms with Crippen LogP contribution >= 0.6 is 35.6 Å². The van der Waals surface area contributed by atoms with Gasteiger partial charge in [0.15, 0.2) is 4.32 Å². The Morgan fingerprint density at radius 2 is 1.82 bits per heavy atom. The summed E-state index contributed by atoms with van der Waals surface area (Å²) in [5.41, 5.74) is 4.50. The molecule has 0 radical (unpaired) electrons. The zero-order valence-electron chi connectivity index (χ0n) is 17.0. The molecule has 166 valence electrons. The van der Waals surface area contributed by atoms with Gasteiger partial charge in [-0.05, 0) is 73.2 Å². The average Bonchev–Trinajstić information content (AvgIpc) is 3.34. The summed E-state index contributed by atoms with van der Waals surface area (Å²) < 4.78 is 6.02. The second kappa shape index (κ2) is 9.22. The summed E-state index contributed by atoms with van der Waals surface area (Å²) >= 11 is 12.1. The molecule has 33 heavy (non-hydrogen) atoms. The molecule has 1 aliphatic rings. The van der Waals surface area contributed by atoms with E-state index in [2.05, 4.69) is 5.43 Å². The standard InChI is InChI=1S/C23H15ClN2O5S2/c1-12-10-14(22(29)30)4-8-17(12)18-9-7-16(31-18)11-19-21(28)26(23(32)33-19)25-20(27)13-2-5-15(24)6-3-13/h2-11H,1H3,(H,25,27)(H,29,30)/b19-11-. The fourth-order valence-corrected chi connectivity index (χ4v) is 4.39. The predicted octanol–water partition coefficient (Wildman–Crippen LogP) is 5.15. The molecule has 4 rings (SSSR count). The van der Waals surface area contributed by atoms with E-state index < -0.39 is 17.8 Å². The van der Waals surface area contributed by atoms with Crippen LogP contribution in [-0.2, 0) is 4.79 Å². The maximum absolute atomic E-state index is 12.8. The van der Waals surface area contributed by atoms with Gasteiger partial charge < -0.3 is 9.52 Å². The van der Waals surface area contributed by atoms with Crippen LogP contribution in [0.25, 0.3) is 17.4 Å². The number of thiocarbonyl (C=S) groups is 1. The number of nitrogens with zero attached hydrogens (tertiary/aromatic N) is 1. The number of aryl methyl sites for hydroxylation is 1. The summed E-state index contributed by atoms with van der Waals surface area (Å²) in [4.78, 5) is 36.6. The second-order valence-corrected chi connectivity index (χ2v) is 9.11. The van der Waals surface area contributed by atoms with E-state index >= 15 is 0 Å². The predicted molar refractivity (Wildman–Crippen MR) is 130 cm³/mol. The van der Waals surface area contributed by atoms with E-state index in [4.69, 9.17) is 33.3 Å². The van der Waals surface area contributed by atoms with Crippen molar-refractivity contribution in [2.45, 2.75) is 6.92 Å². The van der Waals surface area contributed by atoms with Gasteiger partial charge in [0.2, 0.25) is 0 Å².